The molecule has 18 heavy (non-hydrogen) atoms. The predicted octanol–water partition coefficient (Wildman–Crippen LogP) is 2.16. The summed E-state index contributed by atoms with van der Waals surface area (Å²) in [5.41, 5.74) is 1.34. The van der Waals surface area contributed by atoms with Crippen LogP contribution < -0.4 is 4.74 Å². The molecule has 0 radical (unpaired) electrons. The average molecular weight is 249 g/mol. The third kappa shape index (κ3) is 3.80. The highest BCUT2D eigenvalue weighted by molar-refractivity contribution is 6.16. The third-order valence-corrected chi connectivity index (χ3v) is 2.28. The number of nitrogens with zero attached hydrogens (tertiary/aromatic N) is 1. The lowest BCUT2D eigenvalue weighted by molar-refractivity contribution is -0.136. The van der Waals surface area contributed by atoms with E-state index in [1.165, 1.54) is 0 Å². The lowest BCUT2D eigenvalue weighted by Gasteiger charge is -2.12. The zero-order valence-corrected chi connectivity index (χ0v) is 11.3. The van der Waals surface area contributed by atoms with Crippen LogP contribution in [0.15, 0.2) is 30.5 Å². The Morgan fingerprint density at radius 1 is 1.28 bits per heavy atom. The van der Waals surface area contributed by atoms with Gasteiger partial charge in [0.2, 0.25) is 0 Å². The van der Waals surface area contributed by atoms with Crippen molar-refractivity contribution in [3.63, 3.8) is 0 Å². The Kier molecular flexibility index (Phi) is 5.24. The lowest BCUT2D eigenvalue weighted by Crippen LogP contribution is -2.11. The van der Waals surface area contributed by atoms with Gasteiger partial charge in [-0.25, -0.2) is 4.79 Å². The molecule has 0 heterocycles. The lowest BCUT2D eigenvalue weighted by atomic mass is 10.1. The Morgan fingerprint density at radius 3 is 2.33 bits per heavy atom. The van der Waals surface area contributed by atoms with Crippen molar-refractivity contribution in [1.82, 2.24) is 4.90 Å². The zero-order valence-electron chi connectivity index (χ0n) is 11.3. The van der Waals surface area contributed by atoms with Crippen molar-refractivity contribution in [2.24, 2.45) is 0 Å². The number of ether oxygens (including phenoxy) is 2. The molecule has 1 rings (SSSR count). The zero-order chi connectivity index (χ0) is 13.5. The monoisotopic (exact) mass is 249 g/mol. The molecule has 0 unspecified atom stereocenters. The molecule has 0 bridgehead atoms. The molecular formula is C14H19NO3. The van der Waals surface area contributed by atoms with Gasteiger partial charge in [0.05, 0.1) is 19.3 Å². The van der Waals surface area contributed by atoms with Crippen molar-refractivity contribution in [2.45, 2.75) is 6.92 Å². The van der Waals surface area contributed by atoms with Crippen molar-refractivity contribution in [3.8, 4) is 5.75 Å². The van der Waals surface area contributed by atoms with Crippen LogP contribution in [0.25, 0.3) is 5.57 Å². The van der Waals surface area contributed by atoms with Crippen molar-refractivity contribution in [3.05, 3.63) is 36.0 Å². The summed E-state index contributed by atoms with van der Waals surface area (Å²) in [7, 11) is 5.34. The van der Waals surface area contributed by atoms with Crippen LogP contribution in [0.4, 0.5) is 0 Å². The first-order valence-corrected chi connectivity index (χ1v) is 5.78. The number of hydrogen-bond acceptors (Lipinski definition) is 4. The van der Waals surface area contributed by atoms with Gasteiger partial charge in [0, 0.05) is 20.3 Å². The highest BCUT2D eigenvalue weighted by Gasteiger charge is 2.13. The van der Waals surface area contributed by atoms with Crippen LogP contribution in [0.2, 0.25) is 0 Å². The van der Waals surface area contributed by atoms with E-state index in [-0.39, 0.29) is 5.97 Å². The van der Waals surface area contributed by atoms with E-state index in [0.717, 1.165) is 11.3 Å². The van der Waals surface area contributed by atoms with Crippen molar-refractivity contribution in [1.29, 1.82) is 0 Å². The minimum atomic E-state index is -0.323. The SMILES string of the molecule is CCOC(=O)/C(=C/N(C)C)c1ccc(OC)cc1. The van der Waals surface area contributed by atoms with Crippen molar-refractivity contribution in [2.75, 3.05) is 27.8 Å². The van der Waals surface area contributed by atoms with Gasteiger partial charge in [0.15, 0.2) is 0 Å². The average Bonchev–Trinajstić information content (AvgIpc) is 2.36. The Bertz CT molecular complexity index is 421. The van der Waals surface area contributed by atoms with Crippen LogP contribution >= 0.6 is 0 Å². The quantitative estimate of drug-likeness (QED) is 0.592. The standard InChI is InChI=1S/C14H19NO3/c1-5-18-14(16)13(10-15(2)3)11-6-8-12(17-4)9-7-11/h6-10H,5H2,1-4H3/b13-10+. The molecule has 0 amide bonds. The molecule has 98 valence electrons. The molecule has 0 saturated heterocycles. The van der Waals surface area contributed by atoms with Gasteiger partial charge in [-0.05, 0) is 24.6 Å². The normalized spacial score (nSPS) is 11.0. The number of carbonyl (C=O) groups excluding carboxylic acids is 1. The van der Waals surface area contributed by atoms with E-state index in [4.69, 9.17) is 9.47 Å². The molecular weight excluding hydrogens is 230 g/mol. The summed E-state index contributed by atoms with van der Waals surface area (Å²) in [6.45, 7) is 2.15. The maximum atomic E-state index is 11.9. The molecule has 1 aromatic rings. The van der Waals surface area contributed by atoms with E-state index in [1.807, 2.05) is 43.3 Å². The van der Waals surface area contributed by atoms with Gasteiger partial charge >= 0.3 is 5.97 Å². The summed E-state index contributed by atoms with van der Waals surface area (Å²) in [5.74, 6) is 0.433. The highest BCUT2D eigenvalue weighted by atomic mass is 16.5. The van der Waals surface area contributed by atoms with Gasteiger partial charge < -0.3 is 14.4 Å². The maximum Gasteiger partial charge on any atom is 0.340 e. The minimum absolute atomic E-state index is 0.323. The number of carbonyl (C=O) groups is 1. The topological polar surface area (TPSA) is 38.8 Å². The van der Waals surface area contributed by atoms with E-state index in [1.54, 1.807) is 20.2 Å². The Hall–Kier alpha value is -1.97. The first kappa shape index (κ1) is 14.1. The van der Waals surface area contributed by atoms with Gasteiger partial charge in [-0.1, -0.05) is 12.1 Å². The molecule has 0 aromatic heterocycles. The second kappa shape index (κ2) is 6.69. The van der Waals surface area contributed by atoms with Crippen molar-refractivity contribution >= 4 is 11.5 Å². The molecule has 0 atom stereocenters. The fourth-order valence-corrected chi connectivity index (χ4v) is 1.48. The predicted molar refractivity (Wildman–Crippen MR) is 71.3 cm³/mol. The van der Waals surface area contributed by atoms with Gasteiger partial charge in [-0.15, -0.1) is 0 Å². The number of benzene rings is 1. The Morgan fingerprint density at radius 2 is 1.89 bits per heavy atom. The summed E-state index contributed by atoms with van der Waals surface area (Å²) in [5, 5.41) is 0. The molecule has 0 aliphatic carbocycles. The summed E-state index contributed by atoms with van der Waals surface area (Å²) < 4.78 is 10.1. The van der Waals surface area contributed by atoms with E-state index in [9.17, 15) is 4.79 Å². The largest absolute Gasteiger partial charge is 0.497 e. The smallest absolute Gasteiger partial charge is 0.340 e. The number of hydrogen-bond donors (Lipinski definition) is 0. The summed E-state index contributed by atoms with van der Waals surface area (Å²) in [4.78, 5) is 13.7. The Balaban J connectivity index is 3.05. The molecule has 0 aliphatic heterocycles. The van der Waals surface area contributed by atoms with E-state index >= 15 is 0 Å². The van der Waals surface area contributed by atoms with Crippen LogP contribution in [-0.4, -0.2) is 38.7 Å². The van der Waals surface area contributed by atoms with Crippen LogP contribution in [0.1, 0.15) is 12.5 Å². The molecule has 0 fully saturated rings. The summed E-state index contributed by atoms with van der Waals surface area (Å²) >= 11 is 0. The minimum Gasteiger partial charge on any atom is -0.497 e. The van der Waals surface area contributed by atoms with Gasteiger partial charge in [0.25, 0.3) is 0 Å². The number of rotatable bonds is 5. The molecule has 0 spiro atoms. The van der Waals surface area contributed by atoms with E-state index in [2.05, 4.69) is 0 Å². The molecule has 0 saturated carbocycles. The van der Waals surface area contributed by atoms with Crippen molar-refractivity contribution < 1.29 is 14.3 Å². The second-order valence-electron chi connectivity index (χ2n) is 3.96. The highest BCUT2D eigenvalue weighted by Crippen LogP contribution is 2.20. The fourth-order valence-electron chi connectivity index (χ4n) is 1.48. The molecule has 0 N–H and O–H groups in total. The Labute approximate surface area is 108 Å². The molecule has 0 aliphatic rings. The first-order valence-electron chi connectivity index (χ1n) is 5.78. The molecule has 4 nitrogen and oxygen atoms in total. The molecule has 1 aromatic carbocycles. The second-order valence-corrected chi connectivity index (χ2v) is 3.96. The third-order valence-electron chi connectivity index (χ3n) is 2.28. The number of esters is 1. The van der Waals surface area contributed by atoms with Gasteiger partial charge in [-0.2, -0.15) is 0 Å². The fraction of sp³-hybridized carbons (Fsp3) is 0.357. The van der Waals surface area contributed by atoms with Gasteiger partial charge in [0.1, 0.15) is 5.75 Å². The van der Waals surface area contributed by atoms with Crippen LogP contribution in [0, 0.1) is 0 Å². The van der Waals surface area contributed by atoms with Crippen LogP contribution in [0.3, 0.4) is 0 Å². The summed E-state index contributed by atoms with van der Waals surface area (Å²) in [6, 6.07) is 7.31. The van der Waals surface area contributed by atoms with Crippen LogP contribution in [0.5, 0.6) is 5.75 Å². The molecule has 4 heteroatoms. The first-order chi connectivity index (χ1) is 8.58. The van der Waals surface area contributed by atoms with Gasteiger partial charge in [-0.3, -0.25) is 0 Å². The number of methoxy groups -OCH3 is 1. The summed E-state index contributed by atoms with van der Waals surface area (Å²) in [6.07, 6.45) is 1.75. The van der Waals surface area contributed by atoms with Crippen LogP contribution in [-0.2, 0) is 9.53 Å². The van der Waals surface area contributed by atoms with E-state index < -0.39 is 0 Å². The maximum absolute atomic E-state index is 11.9. The van der Waals surface area contributed by atoms with E-state index in [0.29, 0.717) is 12.2 Å².